The molecule has 2 fully saturated rings. The van der Waals surface area contributed by atoms with Crippen LogP contribution in [0.25, 0.3) is 0 Å². The molecule has 92 heavy (non-hydrogen) atoms. The number of carbonyl (C=O) groups excluding carboxylic acids is 1. The molecular weight excluding hydrogens is 1160 g/mol. The average molecular weight is 1290 g/mol. The molecule has 2 aliphatic heterocycles. The summed E-state index contributed by atoms with van der Waals surface area (Å²) in [7, 11) is 0. The maximum absolute atomic E-state index is 13.3. The third-order valence-corrected chi connectivity index (χ3v) is 16.2. The zero-order chi connectivity index (χ0) is 66.6. The van der Waals surface area contributed by atoms with E-state index >= 15 is 0 Å². The Labute approximate surface area is 556 Å². The lowest BCUT2D eigenvalue weighted by Gasteiger charge is -2.46. The molecular formula is C78H127NO13. The van der Waals surface area contributed by atoms with Crippen LogP contribution in [0.5, 0.6) is 0 Å². The van der Waals surface area contributed by atoms with E-state index in [1.54, 1.807) is 6.08 Å². The van der Waals surface area contributed by atoms with Gasteiger partial charge >= 0.3 is 0 Å². The minimum Gasteiger partial charge on any atom is -0.394 e. The van der Waals surface area contributed by atoms with Crippen LogP contribution in [0.3, 0.4) is 0 Å². The fourth-order valence-electron chi connectivity index (χ4n) is 10.6. The molecule has 2 aliphatic rings. The summed E-state index contributed by atoms with van der Waals surface area (Å²) in [5.74, 6) is -0.269. The van der Waals surface area contributed by atoms with Crippen molar-refractivity contribution in [1.82, 2.24) is 5.32 Å². The number of hydrogen-bond acceptors (Lipinski definition) is 13. The number of nitrogens with one attached hydrogen (secondary N) is 1. The van der Waals surface area contributed by atoms with Crippen molar-refractivity contribution in [2.45, 2.75) is 306 Å². The number of allylic oxidation sites excluding steroid dienone is 25. The maximum Gasteiger partial charge on any atom is 0.220 e. The molecule has 0 aromatic carbocycles. The Bertz CT molecular complexity index is 2150. The van der Waals surface area contributed by atoms with Crippen molar-refractivity contribution in [1.29, 1.82) is 0 Å². The number of amides is 1. The highest BCUT2D eigenvalue weighted by Gasteiger charge is 2.51. The summed E-state index contributed by atoms with van der Waals surface area (Å²) in [6.45, 7) is 2.66. The Hall–Kier alpha value is -4.39. The molecule has 0 spiro atoms. The molecule has 0 saturated carbocycles. The van der Waals surface area contributed by atoms with Crippen LogP contribution in [0.1, 0.15) is 232 Å². The monoisotopic (exact) mass is 1290 g/mol. The molecule has 12 unspecified atom stereocenters. The van der Waals surface area contributed by atoms with Gasteiger partial charge in [-0.3, -0.25) is 4.79 Å². The summed E-state index contributed by atoms with van der Waals surface area (Å²) >= 11 is 0. The van der Waals surface area contributed by atoms with E-state index in [1.165, 1.54) is 83.5 Å². The Morgan fingerprint density at radius 1 is 0.402 bits per heavy atom. The topological polar surface area (TPSA) is 228 Å². The molecule has 2 rings (SSSR count). The van der Waals surface area contributed by atoms with Crippen molar-refractivity contribution in [3.05, 3.63) is 158 Å². The number of ether oxygens (including phenoxy) is 4. The average Bonchev–Trinajstić information content (AvgIpc) is 0.856. The van der Waals surface area contributed by atoms with Gasteiger partial charge in [0, 0.05) is 6.42 Å². The van der Waals surface area contributed by atoms with Crippen LogP contribution in [-0.4, -0.2) is 140 Å². The highest BCUT2D eigenvalue weighted by atomic mass is 16.7. The molecule has 9 N–H and O–H groups in total. The summed E-state index contributed by atoms with van der Waals surface area (Å²) in [6.07, 6.45) is 75.8. The predicted molar refractivity (Wildman–Crippen MR) is 377 cm³/mol. The number of unbranched alkanes of at least 4 members (excludes halogenated alkanes) is 19. The molecule has 1 amide bonds. The van der Waals surface area contributed by atoms with E-state index in [9.17, 15) is 45.6 Å². The van der Waals surface area contributed by atoms with Crippen LogP contribution in [0.15, 0.2) is 158 Å². The molecule has 2 heterocycles. The first kappa shape index (κ1) is 83.7. The van der Waals surface area contributed by atoms with Gasteiger partial charge in [-0.1, -0.05) is 275 Å². The fraction of sp³-hybridized carbons (Fsp3) is 0.654. The van der Waals surface area contributed by atoms with Crippen LogP contribution in [0.4, 0.5) is 0 Å². The molecule has 0 aliphatic carbocycles. The molecule has 522 valence electrons. The molecule has 2 saturated heterocycles. The second kappa shape index (κ2) is 60.3. The minimum atomic E-state index is -1.80. The first-order chi connectivity index (χ1) is 45.1. The van der Waals surface area contributed by atoms with Gasteiger partial charge in [-0.25, -0.2) is 0 Å². The Balaban J connectivity index is 1.66. The summed E-state index contributed by atoms with van der Waals surface area (Å²) in [4.78, 5) is 13.3. The zero-order valence-electron chi connectivity index (χ0n) is 56.7. The number of aliphatic hydroxyl groups excluding tert-OH is 8. The van der Waals surface area contributed by atoms with Crippen LogP contribution in [0, 0.1) is 0 Å². The number of hydrogen-bond donors (Lipinski definition) is 9. The van der Waals surface area contributed by atoms with Crippen LogP contribution in [0.2, 0.25) is 0 Å². The summed E-state index contributed by atoms with van der Waals surface area (Å²) < 4.78 is 22.8. The van der Waals surface area contributed by atoms with Gasteiger partial charge in [0.25, 0.3) is 0 Å². The molecule has 0 aromatic heterocycles. The number of aliphatic hydroxyl groups is 8. The SMILES string of the molecule is CC/C=C\C/C=C\C/C=C\C/C=C\C/C=C\C/C=C\C/C=C\C/C=C\C/C=C\C/C=C\C/C=C\C/C=C\CCCCCCC(=O)NC(COC1OC(CO)C(OC2OC(CO)C(O)C(O)C2O)C(O)C1O)C(O)/C=C/CCCCCCCCCCCCCCCCC. The zero-order valence-corrected chi connectivity index (χ0v) is 56.7. The third-order valence-electron chi connectivity index (χ3n) is 16.2. The molecule has 12 atom stereocenters. The maximum atomic E-state index is 13.3. The molecule has 0 radical (unpaired) electrons. The van der Waals surface area contributed by atoms with Crippen molar-refractivity contribution in [3.8, 4) is 0 Å². The first-order valence-corrected chi connectivity index (χ1v) is 35.7. The van der Waals surface area contributed by atoms with Crippen molar-refractivity contribution in [2.75, 3.05) is 19.8 Å². The standard InChI is InChI=1S/C78H127NO13/c1-3-5-7-9-11-13-15-17-19-21-22-23-24-25-26-27-28-29-30-31-32-33-34-35-36-37-38-39-40-41-42-43-44-46-48-50-52-54-56-58-60-62-70(83)79-66(67(82)61-59-57-55-53-51-49-47-45-20-18-16-14-12-10-8-6-4-2)65-89-77-75(88)73(86)76(69(64-81)91-77)92-78-74(87)72(85)71(84)68(63-80)90-78/h5,7,11,13,17,19,22-23,25-26,28-29,31-32,34-35,37-38,40-41,43-44,48,50,59,61,66-69,71-78,80-82,84-88H,3-4,6,8-10,12,14-16,18,20-21,24,27,30,33,36,39,42,45-47,49,51-58,60,62-65H2,1-2H3,(H,79,83)/b7-5-,13-11-,19-17-,23-22-,26-25-,29-28-,32-31-,35-34-,38-37-,41-40-,44-43-,50-48-,61-59+. The van der Waals surface area contributed by atoms with Gasteiger partial charge in [0.15, 0.2) is 12.6 Å². The highest BCUT2D eigenvalue weighted by Crippen LogP contribution is 2.30. The van der Waals surface area contributed by atoms with Gasteiger partial charge in [0.2, 0.25) is 5.91 Å². The van der Waals surface area contributed by atoms with E-state index in [4.69, 9.17) is 18.9 Å². The van der Waals surface area contributed by atoms with E-state index < -0.39 is 86.8 Å². The van der Waals surface area contributed by atoms with Crippen molar-refractivity contribution >= 4 is 5.91 Å². The van der Waals surface area contributed by atoms with Gasteiger partial charge in [0.05, 0.1) is 32.0 Å². The summed E-state index contributed by atoms with van der Waals surface area (Å²) in [6, 6.07) is -0.941. The molecule has 0 bridgehead atoms. The summed E-state index contributed by atoms with van der Waals surface area (Å²) in [5.41, 5.74) is 0. The molecule has 14 nitrogen and oxygen atoms in total. The van der Waals surface area contributed by atoms with Gasteiger partial charge in [-0.05, 0) is 109 Å². The van der Waals surface area contributed by atoms with Gasteiger partial charge in [0.1, 0.15) is 48.8 Å². The number of rotatable bonds is 56. The third kappa shape index (κ3) is 43.6. The lowest BCUT2D eigenvalue weighted by molar-refractivity contribution is -0.359. The van der Waals surface area contributed by atoms with Crippen LogP contribution >= 0.6 is 0 Å². The Morgan fingerprint density at radius 2 is 0.750 bits per heavy atom. The minimum absolute atomic E-state index is 0.241. The largest absolute Gasteiger partial charge is 0.394 e. The second-order valence-electron chi connectivity index (χ2n) is 24.3. The van der Waals surface area contributed by atoms with Gasteiger partial charge < -0.3 is 65.1 Å². The van der Waals surface area contributed by atoms with Crippen molar-refractivity contribution < 1.29 is 64.6 Å². The van der Waals surface area contributed by atoms with Crippen LogP contribution in [-0.2, 0) is 23.7 Å². The van der Waals surface area contributed by atoms with E-state index in [2.05, 4.69) is 165 Å². The van der Waals surface area contributed by atoms with E-state index in [0.29, 0.717) is 6.42 Å². The highest BCUT2D eigenvalue weighted by molar-refractivity contribution is 5.76. The van der Waals surface area contributed by atoms with E-state index in [0.717, 1.165) is 122 Å². The summed E-state index contributed by atoms with van der Waals surface area (Å²) in [5, 5.41) is 87.3. The smallest absolute Gasteiger partial charge is 0.220 e. The molecule has 0 aromatic rings. The second-order valence-corrected chi connectivity index (χ2v) is 24.3. The normalized spacial score (nSPS) is 23.7. The molecule has 14 heteroatoms. The lowest BCUT2D eigenvalue weighted by atomic mass is 9.97. The lowest BCUT2D eigenvalue weighted by Crippen LogP contribution is -2.65. The number of carbonyl (C=O) groups is 1. The quantitative estimate of drug-likeness (QED) is 0.0204. The van der Waals surface area contributed by atoms with Crippen molar-refractivity contribution in [2.24, 2.45) is 0 Å². The van der Waals surface area contributed by atoms with E-state index in [1.807, 2.05) is 6.08 Å². The fourth-order valence-corrected chi connectivity index (χ4v) is 10.6. The Morgan fingerprint density at radius 3 is 1.15 bits per heavy atom. The first-order valence-electron chi connectivity index (χ1n) is 35.7. The van der Waals surface area contributed by atoms with E-state index in [-0.39, 0.29) is 18.9 Å². The van der Waals surface area contributed by atoms with Crippen molar-refractivity contribution in [3.63, 3.8) is 0 Å². The predicted octanol–water partition coefficient (Wildman–Crippen LogP) is 15.0. The van der Waals surface area contributed by atoms with Gasteiger partial charge in [-0.2, -0.15) is 0 Å². The van der Waals surface area contributed by atoms with Gasteiger partial charge in [-0.15, -0.1) is 0 Å². The van der Waals surface area contributed by atoms with Crippen LogP contribution < -0.4 is 5.32 Å². The Kier molecular flexibility index (Phi) is 54.8.